The molecule has 2 aliphatic rings. The van der Waals surface area contributed by atoms with Crippen LogP contribution in [0.3, 0.4) is 0 Å². The molecule has 8 heteroatoms. The monoisotopic (exact) mass is 320 g/mol. The second-order valence-electron chi connectivity index (χ2n) is 6.10. The fourth-order valence-electron chi connectivity index (χ4n) is 3.37. The average molecular weight is 320 g/mol. The number of hydrogen-bond donors (Lipinski definition) is 0. The lowest BCUT2D eigenvalue weighted by Crippen LogP contribution is -2.46. The standard InChI is InChI=1S/C15H24N6O2/c1-2-18-8-10-20(11-9-18)15-13(21(22)23)14(16-12-17-15)19-6-4-3-5-7-19/h12H,2-11H2,1H3. The Labute approximate surface area is 136 Å². The van der Waals surface area contributed by atoms with Crippen LogP contribution in [0.15, 0.2) is 6.33 Å². The third-order valence-corrected chi connectivity index (χ3v) is 4.74. The number of nitro groups is 1. The lowest BCUT2D eigenvalue weighted by molar-refractivity contribution is -0.383. The second-order valence-corrected chi connectivity index (χ2v) is 6.10. The Hall–Kier alpha value is -1.96. The van der Waals surface area contributed by atoms with E-state index in [-0.39, 0.29) is 10.6 Å². The molecule has 3 heterocycles. The van der Waals surface area contributed by atoms with Gasteiger partial charge in [-0.2, -0.15) is 0 Å². The van der Waals surface area contributed by atoms with Crippen molar-refractivity contribution in [3.8, 4) is 0 Å². The quantitative estimate of drug-likeness (QED) is 0.614. The van der Waals surface area contributed by atoms with E-state index in [1.807, 2.05) is 9.80 Å². The maximum absolute atomic E-state index is 11.7. The van der Waals surface area contributed by atoms with Crippen LogP contribution >= 0.6 is 0 Å². The van der Waals surface area contributed by atoms with Crippen molar-refractivity contribution in [2.45, 2.75) is 26.2 Å². The van der Waals surface area contributed by atoms with E-state index in [0.29, 0.717) is 11.6 Å². The molecular weight excluding hydrogens is 296 g/mol. The molecule has 0 radical (unpaired) electrons. The van der Waals surface area contributed by atoms with Crippen molar-refractivity contribution in [3.63, 3.8) is 0 Å². The van der Waals surface area contributed by atoms with E-state index < -0.39 is 0 Å². The van der Waals surface area contributed by atoms with Crippen molar-refractivity contribution >= 4 is 17.3 Å². The van der Waals surface area contributed by atoms with Gasteiger partial charge in [-0.25, -0.2) is 9.97 Å². The number of aromatic nitrogens is 2. The van der Waals surface area contributed by atoms with E-state index in [0.717, 1.165) is 58.7 Å². The lowest BCUT2D eigenvalue weighted by Gasteiger charge is -2.35. The number of nitrogens with zero attached hydrogens (tertiary/aromatic N) is 6. The molecule has 0 atom stereocenters. The van der Waals surface area contributed by atoms with Crippen molar-refractivity contribution in [3.05, 3.63) is 16.4 Å². The summed E-state index contributed by atoms with van der Waals surface area (Å²) in [4.78, 5) is 26.3. The molecule has 3 rings (SSSR count). The summed E-state index contributed by atoms with van der Waals surface area (Å²) < 4.78 is 0. The number of hydrogen-bond acceptors (Lipinski definition) is 7. The van der Waals surface area contributed by atoms with Gasteiger partial charge in [0, 0.05) is 39.3 Å². The summed E-state index contributed by atoms with van der Waals surface area (Å²) in [6.45, 7) is 8.18. The van der Waals surface area contributed by atoms with Crippen LogP contribution in [-0.4, -0.2) is 65.6 Å². The van der Waals surface area contributed by atoms with Gasteiger partial charge in [0.05, 0.1) is 4.92 Å². The van der Waals surface area contributed by atoms with Crippen molar-refractivity contribution < 1.29 is 4.92 Å². The molecule has 2 saturated heterocycles. The number of piperidine rings is 1. The SMILES string of the molecule is CCN1CCN(c2ncnc(N3CCCCC3)c2[N+](=O)[O-])CC1. The molecule has 0 amide bonds. The van der Waals surface area contributed by atoms with Gasteiger partial charge in [0.15, 0.2) is 0 Å². The van der Waals surface area contributed by atoms with E-state index in [2.05, 4.69) is 21.8 Å². The molecule has 2 aliphatic heterocycles. The Bertz CT molecular complexity index is 553. The number of piperazine rings is 1. The Morgan fingerprint density at radius 3 is 2.09 bits per heavy atom. The topological polar surface area (TPSA) is 78.6 Å². The molecule has 2 fully saturated rings. The van der Waals surface area contributed by atoms with E-state index in [1.54, 1.807) is 0 Å². The fourth-order valence-corrected chi connectivity index (χ4v) is 3.37. The van der Waals surface area contributed by atoms with E-state index in [4.69, 9.17) is 0 Å². The normalized spacial score (nSPS) is 19.9. The van der Waals surface area contributed by atoms with Crippen LogP contribution in [0.1, 0.15) is 26.2 Å². The van der Waals surface area contributed by atoms with Crippen LogP contribution in [0.5, 0.6) is 0 Å². The van der Waals surface area contributed by atoms with E-state index >= 15 is 0 Å². The van der Waals surface area contributed by atoms with Gasteiger partial charge in [-0.05, 0) is 25.8 Å². The molecule has 0 N–H and O–H groups in total. The predicted octanol–water partition coefficient (Wildman–Crippen LogP) is 1.52. The molecule has 23 heavy (non-hydrogen) atoms. The van der Waals surface area contributed by atoms with Crippen LogP contribution in [0, 0.1) is 10.1 Å². The zero-order valence-electron chi connectivity index (χ0n) is 13.6. The molecule has 0 spiro atoms. The van der Waals surface area contributed by atoms with Crippen molar-refractivity contribution in [1.82, 2.24) is 14.9 Å². The maximum atomic E-state index is 11.7. The van der Waals surface area contributed by atoms with Crippen LogP contribution < -0.4 is 9.80 Å². The predicted molar refractivity (Wildman–Crippen MR) is 89.1 cm³/mol. The first-order valence-corrected chi connectivity index (χ1v) is 8.42. The van der Waals surface area contributed by atoms with Gasteiger partial charge in [-0.1, -0.05) is 6.92 Å². The lowest BCUT2D eigenvalue weighted by atomic mass is 10.1. The summed E-state index contributed by atoms with van der Waals surface area (Å²) in [5, 5.41) is 11.7. The minimum atomic E-state index is -0.314. The summed E-state index contributed by atoms with van der Waals surface area (Å²) >= 11 is 0. The minimum Gasteiger partial charge on any atom is -0.351 e. The molecule has 0 bridgehead atoms. The van der Waals surface area contributed by atoms with Gasteiger partial charge >= 0.3 is 5.69 Å². The molecule has 8 nitrogen and oxygen atoms in total. The average Bonchev–Trinajstić information content (AvgIpc) is 2.62. The number of rotatable bonds is 4. The van der Waals surface area contributed by atoms with Gasteiger partial charge in [0.1, 0.15) is 6.33 Å². The minimum absolute atomic E-state index is 0.0688. The van der Waals surface area contributed by atoms with Gasteiger partial charge in [-0.3, -0.25) is 10.1 Å². The molecule has 0 aliphatic carbocycles. The second kappa shape index (κ2) is 7.08. The molecule has 126 valence electrons. The molecule has 0 saturated carbocycles. The first kappa shape index (κ1) is 15.9. The molecular formula is C15H24N6O2. The first-order valence-electron chi connectivity index (χ1n) is 8.42. The molecule has 0 unspecified atom stereocenters. The van der Waals surface area contributed by atoms with Gasteiger partial charge in [0.2, 0.25) is 11.6 Å². The Balaban J connectivity index is 1.89. The summed E-state index contributed by atoms with van der Waals surface area (Å²) in [7, 11) is 0. The Morgan fingerprint density at radius 2 is 1.57 bits per heavy atom. The maximum Gasteiger partial charge on any atom is 0.353 e. The van der Waals surface area contributed by atoms with Gasteiger partial charge < -0.3 is 14.7 Å². The van der Waals surface area contributed by atoms with Crippen LogP contribution in [0.4, 0.5) is 17.3 Å². The van der Waals surface area contributed by atoms with Crippen LogP contribution in [-0.2, 0) is 0 Å². The summed E-state index contributed by atoms with van der Waals surface area (Å²) in [6.07, 6.45) is 4.77. The van der Waals surface area contributed by atoms with Gasteiger partial charge in [0.25, 0.3) is 0 Å². The van der Waals surface area contributed by atoms with E-state index in [1.165, 1.54) is 12.7 Å². The molecule has 1 aromatic heterocycles. The number of likely N-dealkylation sites (N-methyl/N-ethyl adjacent to an activating group) is 1. The highest BCUT2D eigenvalue weighted by Gasteiger charge is 2.31. The highest BCUT2D eigenvalue weighted by molar-refractivity contribution is 5.71. The van der Waals surface area contributed by atoms with Crippen LogP contribution in [0.2, 0.25) is 0 Å². The smallest absolute Gasteiger partial charge is 0.351 e. The van der Waals surface area contributed by atoms with Crippen molar-refractivity contribution in [1.29, 1.82) is 0 Å². The third-order valence-electron chi connectivity index (χ3n) is 4.74. The Morgan fingerprint density at radius 1 is 1.00 bits per heavy atom. The van der Waals surface area contributed by atoms with Crippen LogP contribution in [0.25, 0.3) is 0 Å². The summed E-state index contributed by atoms with van der Waals surface area (Å²) in [5.74, 6) is 0.957. The van der Waals surface area contributed by atoms with Crippen molar-refractivity contribution in [2.75, 3.05) is 55.6 Å². The van der Waals surface area contributed by atoms with Crippen molar-refractivity contribution in [2.24, 2.45) is 0 Å². The largest absolute Gasteiger partial charge is 0.353 e. The first-order chi connectivity index (χ1) is 11.2. The Kier molecular flexibility index (Phi) is 4.90. The summed E-state index contributed by atoms with van der Waals surface area (Å²) in [6, 6.07) is 0. The summed E-state index contributed by atoms with van der Waals surface area (Å²) in [5.41, 5.74) is 0.0688. The zero-order valence-corrected chi connectivity index (χ0v) is 13.6. The third kappa shape index (κ3) is 3.36. The molecule has 1 aromatic rings. The number of anilines is 2. The zero-order chi connectivity index (χ0) is 16.2. The van der Waals surface area contributed by atoms with Gasteiger partial charge in [-0.15, -0.1) is 0 Å². The highest BCUT2D eigenvalue weighted by Crippen LogP contribution is 2.35. The fraction of sp³-hybridized carbons (Fsp3) is 0.733. The highest BCUT2D eigenvalue weighted by atomic mass is 16.6. The van der Waals surface area contributed by atoms with E-state index in [9.17, 15) is 10.1 Å². The molecule has 0 aromatic carbocycles.